The minimum Gasteiger partial charge on any atom is -0.481 e. The number of nitrogens with two attached hydrogens (primary N) is 1. The van der Waals surface area contributed by atoms with Crippen molar-refractivity contribution in [1.82, 2.24) is 0 Å². The molecule has 1 aromatic rings. The molecule has 0 bridgehead atoms. The summed E-state index contributed by atoms with van der Waals surface area (Å²) in [6.45, 7) is 1.35. The predicted molar refractivity (Wildman–Crippen MR) is 50.2 cm³/mol. The third kappa shape index (κ3) is 2.73. The molecule has 0 aliphatic heterocycles. The van der Waals surface area contributed by atoms with E-state index in [0.717, 1.165) is 18.2 Å². The standard InChI is InChI=1S/C10H11F2NO2/c1-10(13,5-9(14)15)7-4-6(11)2-3-8(7)12/h2-4H,5,13H2,1H3,(H,14,15). The van der Waals surface area contributed by atoms with Crippen molar-refractivity contribution in [2.45, 2.75) is 18.9 Å². The molecule has 1 atom stereocenters. The van der Waals surface area contributed by atoms with E-state index in [9.17, 15) is 13.6 Å². The number of carboxylic acid groups (broad SMARTS) is 1. The lowest BCUT2D eigenvalue weighted by molar-refractivity contribution is -0.138. The summed E-state index contributed by atoms with van der Waals surface area (Å²) < 4.78 is 26.1. The molecule has 3 N–H and O–H groups in total. The Hall–Kier alpha value is -1.49. The molecule has 82 valence electrons. The summed E-state index contributed by atoms with van der Waals surface area (Å²) in [5.41, 5.74) is 4.07. The van der Waals surface area contributed by atoms with E-state index >= 15 is 0 Å². The van der Waals surface area contributed by atoms with E-state index in [4.69, 9.17) is 10.8 Å². The van der Waals surface area contributed by atoms with Crippen LogP contribution in [0.3, 0.4) is 0 Å². The second-order valence-electron chi connectivity index (χ2n) is 3.61. The summed E-state index contributed by atoms with van der Waals surface area (Å²) in [5.74, 6) is -2.51. The molecule has 0 fully saturated rings. The van der Waals surface area contributed by atoms with Crippen molar-refractivity contribution in [3.63, 3.8) is 0 Å². The van der Waals surface area contributed by atoms with E-state index in [1.165, 1.54) is 6.92 Å². The first-order chi connectivity index (χ1) is 6.83. The summed E-state index contributed by atoms with van der Waals surface area (Å²) >= 11 is 0. The van der Waals surface area contributed by atoms with Gasteiger partial charge in [0.25, 0.3) is 0 Å². The lowest BCUT2D eigenvalue weighted by Crippen LogP contribution is -2.36. The zero-order chi connectivity index (χ0) is 11.6. The number of rotatable bonds is 3. The van der Waals surface area contributed by atoms with E-state index < -0.39 is 29.6 Å². The highest BCUT2D eigenvalue weighted by molar-refractivity contribution is 5.68. The van der Waals surface area contributed by atoms with Crippen LogP contribution >= 0.6 is 0 Å². The van der Waals surface area contributed by atoms with Gasteiger partial charge in [-0.2, -0.15) is 0 Å². The largest absolute Gasteiger partial charge is 0.481 e. The fourth-order valence-electron chi connectivity index (χ4n) is 1.34. The van der Waals surface area contributed by atoms with Crippen LogP contribution in [-0.4, -0.2) is 11.1 Å². The van der Waals surface area contributed by atoms with Crippen LogP contribution < -0.4 is 5.73 Å². The van der Waals surface area contributed by atoms with Gasteiger partial charge in [-0.05, 0) is 25.1 Å². The summed E-state index contributed by atoms with van der Waals surface area (Å²) in [7, 11) is 0. The van der Waals surface area contributed by atoms with E-state index in [0.29, 0.717) is 0 Å². The van der Waals surface area contributed by atoms with E-state index in [1.54, 1.807) is 0 Å². The number of hydrogen-bond acceptors (Lipinski definition) is 2. The molecule has 0 saturated heterocycles. The van der Waals surface area contributed by atoms with E-state index in [2.05, 4.69) is 0 Å². The maximum atomic E-state index is 13.3. The van der Waals surface area contributed by atoms with Crippen LogP contribution in [0.1, 0.15) is 18.9 Å². The SMILES string of the molecule is CC(N)(CC(=O)O)c1cc(F)ccc1F. The van der Waals surface area contributed by atoms with Gasteiger partial charge in [0.05, 0.1) is 12.0 Å². The molecule has 0 heterocycles. The van der Waals surface area contributed by atoms with Crippen molar-refractivity contribution in [2.75, 3.05) is 0 Å². The molecular formula is C10H11F2NO2. The van der Waals surface area contributed by atoms with Gasteiger partial charge >= 0.3 is 5.97 Å². The average Bonchev–Trinajstić information content (AvgIpc) is 2.06. The first-order valence-corrected chi connectivity index (χ1v) is 4.29. The molecule has 1 unspecified atom stereocenters. The number of carbonyl (C=O) groups is 1. The molecule has 0 amide bonds. The van der Waals surface area contributed by atoms with Gasteiger partial charge in [0.15, 0.2) is 0 Å². The minimum atomic E-state index is -1.42. The summed E-state index contributed by atoms with van der Waals surface area (Å²) in [4.78, 5) is 10.5. The predicted octanol–water partition coefficient (Wildman–Crippen LogP) is 1.61. The number of hydrogen-bond donors (Lipinski definition) is 2. The second kappa shape index (κ2) is 3.94. The first kappa shape index (κ1) is 11.6. The maximum absolute atomic E-state index is 13.3. The normalized spacial score (nSPS) is 14.7. The van der Waals surface area contributed by atoms with Gasteiger partial charge in [0.1, 0.15) is 11.6 Å². The monoisotopic (exact) mass is 215 g/mol. The second-order valence-corrected chi connectivity index (χ2v) is 3.61. The Bertz CT molecular complexity index is 391. The Morgan fingerprint density at radius 2 is 2.13 bits per heavy atom. The Morgan fingerprint density at radius 3 is 2.67 bits per heavy atom. The van der Waals surface area contributed by atoms with Gasteiger partial charge in [0.2, 0.25) is 0 Å². The van der Waals surface area contributed by atoms with Gasteiger partial charge in [-0.3, -0.25) is 4.79 Å². The number of halogens is 2. The van der Waals surface area contributed by atoms with Crippen molar-refractivity contribution in [1.29, 1.82) is 0 Å². The van der Waals surface area contributed by atoms with E-state index in [-0.39, 0.29) is 5.56 Å². The molecule has 0 aromatic heterocycles. The zero-order valence-electron chi connectivity index (χ0n) is 8.13. The topological polar surface area (TPSA) is 63.3 Å². The third-order valence-electron chi connectivity index (χ3n) is 2.06. The molecule has 5 heteroatoms. The quantitative estimate of drug-likeness (QED) is 0.805. The molecule has 0 radical (unpaired) electrons. The van der Waals surface area contributed by atoms with Crippen molar-refractivity contribution < 1.29 is 18.7 Å². The minimum absolute atomic E-state index is 0.134. The highest BCUT2D eigenvalue weighted by Crippen LogP contribution is 2.25. The van der Waals surface area contributed by atoms with Gasteiger partial charge in [-0.25, -0.2) is 8.78 Å². The van der Waals surface area contributed by atoms with Crippen LogP contribution in [0.4, 0.5) is 8.78 Å². The fourth-order valence-corrected chi connectivity index (χ4v) is 1.34. The van der Waals surface area contributed by atoms with Crippen LogP contribution in [0, 0.1) is 11.6 Å². The highest BCUT2D eigenvalue weighted by Gasteiger charge is 2.28. The fraction of sp³-hybridized carbons (Fsp3) is 0.300. The van der Waals surface area contributed by atoms with Crippen molar-refractivity contribution in [2.24, 2.45) is 5.73 Å². The molecule has 0 aliphatic rings. The molecule has 1 rings (SSSR count). The smallest absolute Gasteiger partial charge is 0.305 e. The summed E-state index contributed by atoms with van der Waals surface area (Å²) in [6, 6.07) is 2.80. The Kier molecular flexibility index (Phi) is 3.04. The van der Waals surface area contributed by atoms with Gasteiger partial charge in [-0.15, -0.1) is 0 Å². The number of carboxylic acids is 1. The van der Waals surface area contributed by atoms with Gasteiger partial charge in [0, 0.05) is 5.56 Å². The zero-order valence-corrected chi connectivity index (χ0v) is 8.13. The van der Waals surface area contributed by atoms with Gasteiger partial charge in [-0.1, -0.05) is 0 Å². The summed E-state index contributed by atoms with van der Waals surface area (Å²) in [5, 5.41) is 8.57. The lowest BCUT2D eigenvalue weighted by atomic mass is 9.89. The Morgan fingerprint density at radius 1 is 1.53 bits per heavy atom. The van der Waals surface area contributed by atoms with Crippen molar-refractivity contribution in [3.05, 3.63) is 35.4 Å². The Labute approximate surface area is 85.5 Å². The molecule has 15 heavy (non-hydrogen) atoms. The van der Waals surface area contributed by atoms with Crippen molar-refractivity contribution in [3.8, 4) is 0 Å². The number of benzene rings is 1. The van der Waals surface area contributed by atoms with Crippen molar-refractivity contribution >= 4 is 5.97 Å². The van der Waals surface area contributed by atoms with Crippen LogP contribution in [0.2, 0.25) is 0 Å². The average molecular weight is 215 g/mol. The molecule has 0 aliphatic carbocycles. The third-order valence-corrected chi connectivity index (χ3v) is 2.06. The van der Waals surface area contributed by atoms with Crippen LogP contribution in [0.25, 0.3) is 0 Å². The van der Waals surface area contributed by atoms with Gasteiger partial charge < -0.3 is 10.8 Å². The molecular weight excluding hydrogens is 204 g/mol. The maximum Gasteiger partial charge on any atom is 0.305 e. The first-order valence-electron chi connectivity index (χ1n) is 4.29. The summed E-state index contributed by atoms with van der Waals surface area (Å²) in [6.07, 6.45) is -0.465. The molecule has 0 saturated carbocycles. The lowest BCUT2D eigenvalue weighted by Gasteiger charge is -2.23. The number of aliphatic carboxylic acids is 1. The van der Waals surface area contributed by atoms with Crippen LogP contribution in [-0.2, 0) is 10.3 Å². The molecule has 1 aromatic carbocycles. The van der Waals surface area contributed by atoms with Crippen LogP contribution in [0.5, 0.6) is 0 Å². The van der Waals surface area contributed by atoms with E-state index in [1.807, 2.05) is 0 Å². The Balaban J connectivity index is 3.13. The van der Waals surface area contributed by atoms with Crippen LogP contribution in [0.15, 0.2) is 18.2 Å². The molecule has 0 spiro atoms. The highest BCUT2D eigenvalue weighted by atomic mass is 19.1. The molecule has 3 nitrogen and oxygen atoms in total.